The van der Waals surface area contributed by atoms with Crippen molar-refractivity contribution in [3.63, 3.8) is 0 Å². The fraction of sp³-hybridized carbons (Fsp3) is 0.240. The molecule has 0 radical (unpaired) electrons. The van der Waals surface area contributed by atoms with Crippen LogP contribution in [0, 0.1) is 0 Å². The molecule has 1 saturated carbocycles. The van der Waals surface area contributed by atoms with Crippen molar-refractivity contribution in [2.75, 3.05) is 19.2 Å². The third kappa shape index (κ3) is 4.94. The molecule has 0 unspecified atom stereocenters. The van der Waals surface area contributed by atoms with Crippen molar-refractivity contribution in [3.8, 4) is 28.4 Å². The average Bonchev–Trinajstić information content (AvgIpc) is 3.55. The Labute approximate surface area is 211 Å². The molecular formula is C25H23F3N2O6S. The van der Waals surface area contributed by atoms with E-state index in [1.165, 1.54) is 43.4 Å². The average molecular weight is 537 g/mol. The second-order valence-electron chi connectivity index (χ2n) is 8.59. The summed E-state index contributed by atoms with van der Waals surface area (Å²) in [5.41, 5.74) is 0.561. The van der Waals surface area contributed by atoms with Crippen LogP contribution in [0.2, 0.25) is 0 Å². The zero-order valence-corrected chi connectivity index (χ0v) is 20.2. The van der Waals surface area contributed by atoms with E-state index in [1.54, 1.807) is 18.2 Å². The van der Waals surface area contributed by atoms with Crippen LogP contribution in [0.3, 0.4) is 0 Å². The van der Waals surface area contributed by atoms with Gasteiger partial charge in [-0.2, -0.15) is 0 Å². The van der Waals surface area contributed by atoms with Crippen LogP contribution < -0.4 is 24.2 Å². The molecule has 0 saturated heterocycles. The lowest BCUT2D eigenvalue weighted by Crippen LogP contribution is -2.28. The van der Waals surface area contributed by atoms with E-state index < -0.39 is 33.5 Å². The number of hydrogen-bond donors (Lipinski definition) is 2. The third-order valence-corrected chi connectivity index (χ3v) is 7.76. The zero-order chi connectivity index (χ0) is 26.4. The van der Waals surface area contributed by atoms with Crippen molar-refractivity contribution in [1.29, 1.82) is 0 Å². The lowest BCUT2D eigenvalue weighted by Gasteiger charge is -2.19. The Bertz CT molecular complexity index is 1480. The van der Waals surface area contributed by atoms with E-state index in [0.717, 1.165) is 6.07 Å². The number of alkyl halides is 3. The van der Waals surface area contributed by atoms with E-state index in [1.807, 2.05) is 0 Å². The van der Waals surface area contributed by atoms with Gasteiger partial charge in [0.15, 0.2) is 17.2 Å². The van der Waals surface area contributed by atoms with Crippen LogP contribution in [-0.4, -0.2) is 34.5 Å². The molecule has 8 nitrogen and oxygen atoms in total. The van der Waals surface area contributed by atoms with Crippen LogP contribution >= 0.6 is 0 Å². The van der Waals surface area contributed by atoms with Gasteiger partial charge < -0.3 is 19.5 Å². The first kappa shape index (κ1) is 24.9. The highest BCUT2D eigenvalue weighted by molar-refractivity contribution is 7.89. The van der Waals surface area contributed by atoms with Gasteiger partial charge in [-0.15, -0.1) is 13.2 Å². The summed E-state index contributed by atoms with van der Waals surface area (Å²) >= 11 is 0. The fourth-order valence-corrected chi connectivity index (χ4v) is 4.90. The van der Waals surface area contributed by atoms with Crippen LogP contribution in [-0.2, 0) is 20.2 Å². The molecule has 1 amide bonds. The fourth-order valence-electron chi connectivity index (χ4n) is 4.17. The second kappa shape index (κ2) is 8.96. The molecule has 5 rings (SSSR count). The number of sulfonamides is 1. The minimum atomic E-state index is -4.97. The summed E-state index contributed by atoms with van der Waals surface area (Å²) in [6.45, 7) is 0.0742. The minimum absolute atomic E-state index is 0. The number of ether oxygens (including phenoxy) is 3. The molecule has 1 aliphatic heterocycles. The van der Waals surface area contributed by atoms with Gasteiger partial charge in [0, 0.05) is 1.43 Å². The number of carbonyl (C=O) groups is 1. The molecule has 3 aromatic carbocycles. The molecule has 1 heterocycles. The largest absolute Gasteiger partial charge is 0.573 e. The summed E-state index contributed by atoms with van der Waals surface area (Å²) in [5, 5.41) is 2.62. The molecule has 37 heavy (non-hydrogen) atoms. The molecule has 1 aliphatic carbocycles. The Morgan fingerprint density at radius 2 is 1.65 bits per heavy atom. The van der Waals surface area contributed by atoms with Crippen LogP contribution in [0.5, 0.6) is 17.2 Å². The summed E-state index contributed by atoms with van der Waals surface area (Å²) < 4.78 is 80.3. The highest BCUT2D eigenvalue weighted by Gasteiger charge is 2.52. The molecule has 0 aromatic heterocycles. The van der Waals surface area contributed by atoms with Gasteiger partial charge in [-0.25, -0.2) is 13.1 Å². The summed E-state index contributed by atoms with van der Waals surface area (Å²) in [4.78, 5) is 13.4. The molecule has 1 fully saturated rings. The predicted octanol–water partition coefficient (Wildman–Crippen LogP) is 4.81. The number of benzene rings is 3. The van der Waals surface area contributed by atoms with Crippen molar-refractivity contribution < 1.29 is 42.0 Å². The summed E-state index contributed by atoms with van der Waals surface area (Å²) in [5.74, 6) is 0.0110. The first-order valence-electron chi connectivity index (χ1n) is 11.2. The summed E-state index contributed by atoms with van der Waals surface area (Å²) in [6.07, 6.45) is -3.96. The van der Waals surface area contributed by atoms with Gasteiger partial charge in [-0.3, -0.25) is 4.79 Å². The number of carbonyl (C=O) groups excluding carboxylic acids is 1. The van der Waals surface area contributed by atoms with Crippen LogP contribution in [0.15, 0.2) is 65.6 Å². The van der Waals surface area contributed by atoms with Gasteiger partial charge in [0.05, 0.1) is 16.0 Å². The van der Waals surface area contributed by atoms with Crippen LogP contribution in [0.25, 0.3) is 11.1 Å². The van der Waals surface area contributed by atoms with E-state index in [2.05, 4.69) is 14.8 Å². The van der Waals surface area contributed by atoms with Gasteiger partial charge in [-0.1, -0.05) is 24.3 Å². The molecule has 2 aliphatic rings. The van der Waals surface area contributed by atoms with E-state index in [0.29, 0.717) is 41.0 Å². The topological polar surface area (TPSA) is 103 Å². The number of anilines is 1. The number of halogens is 3. The quantitative estimate of drug-likeness (QED) is 0.450. The molecular weight excluding hydrogens is 513 g/mol. The van der Waals surface area contributed by atoms with Gasteiger partial charge in [0.2, 0.25) is 22.7 Å². The zero-order valence-electron chi connectivity index (χ0n) is 19.4. The van der Waals surface area contributed by atoms with Gasteiger partial charge in [-0.05, 0) is 73.0 Å². The highest BCUT2D eigenvalue weighted by Crippen LogP contribution is 2.51. The smallest absolute Gasteiger partial charge is 0.454 e. The highest BCUT2D eigenvalue weighted by atomic mass is 32.2. The van der Waals surface area contributed by atoms with Crippen molar-refractivity contribution >= 4 is 21.6 Å². The van der Waals surface area contributed by atoms with Crippen molar-refractivity contribution in [2.45, 2.75) is 29.5 Å². The number of rotatable bonds is 7. The molecule has 0 spiro atoms. The predicted molar refractivity (Wildman–Crippen MR) is 129 cm³/mol. The Balaban J connectivity index is 0.00000336. The number of nitrogens with one attached hydrogen (secondary N) is 2. The second-order valence-corrected chi connectivity index (χ2v) is 10.5. The van der Waals surface area contributed by atoms with E-state index >= 15 is 0 Å². The van der Waals surface area contributed by atoms with Crippen molar-refractivity contribution in [2.24, 2.45) is 0 Å². The lowest BCUT2D eigenvalue weighted by atomic mass is 9.94. The first-order valence-corrected chi connectivity index (χ1v) is 12.6. The van der Waals surface area contributed by atoms with E-state index in [-0.39, 0.29) is 18.8 Å². The van der Waals surface area contributed by atoms with Crippen molar-refractivity contribution in [3.05, 3.63) is 66.2 Å². The Morgan fingerprint density at radius 3 is 2.30 bits per heavy atom. The maximum atomic E-state index is 13.4. The number of hydrogen-bond acceptors (Lipinski definition) is 6. The standard InChI is InChI=1S/C25H21F3N2O6S.H2/c1-29-37(32,33)18-6-2-15(3-7-18)16-4-8-20(36-25(26,27)28)19(12-16)30-23(31)24(10-11-24)17-5-9-21-22(13-17)35-14-34-21;/h2-9,12-13,29H,10-11,14H2,1H3,(H,30,31);1H. The number of fused-ring (bicyclic) bond motifs is 1. The molecule has 196 valence electrons. The normalized spacial score (nSPS) is 15.8. The Morgan fingerprint density at radius 1 is 0.973 bits per heavy atom. The maximum absolute atomic E-state index is 13.4. The maximum Gasteiger partial charge on any atom is 0.573 e. The van der Waals surface area contributed by atoms with Gasteiger partial charge >= 0.3 is 6.36 Å². The SMILES string of the molecule is CNS(=O)(=O)c1ccc(-c2ccc(OC(F)(F)F)c(NC(=O)C3(c4ccc5c(c4)OCO5)CC3)c2)cc1.[HH]. The first-order chi connectivity index (χ1) is 17.5. The summed E-state index contributed by atoms with van der Waals surface area (Å²) in [6, 6.07) is 14.8. The van der Waals surface area contributed by atoms with Crippen LogP contribution in [0.1, 0.15) is 19.8 Å². The monoisotopic (exact) mass is 536 g/mol. The molecule has 12 heteroatoms. The van der Waals surface area contributed by atoms with E-state index in [4.69, 9.17) is 9.47 Å². The van der Waals surface area contributed by atoms with Crippen LogP contribution in [0.4, 0.5) is 18.9 Å². The van der Waals surface area contributed by atoms with Crippen molar-refractivity contribution in [1.82, 2.24) is 4.72 Å². The summed E-state index contributed by atoms with van der Waals surface area (Å²) in [7, 11) is -2.37. The molecule has 0 bridgehead atoms. The van der Waals surface area contributed by atoms with E-state index in [9.17, 15) is 26.4 Å². The molecule has 0 atom stereocenters. The minimum Gasteiger partial charge on any atom is -0.454 e. The Kier molecular flexibility index (Phi) is 6.03. The molecule has 3 aromatic rings. The lowest BCUT2D eigenvalue weighted by molar-refractivity contribution is -0.274. The van der Waals surface area contributed by atoms with Gasteiger partial charge in [0.25, 0.3) is 0 Å². The third-order valence-electron chi connectivity index (χ3n) is 6.33. The van der Waals surface area contributed by atoms with Gasteiger partial charge in [0.1, 0.15) is 0 Å². The Hall–Kier alpha value is -3.77. The molecule has 2 N–H and O–H groups in total. The number of amides is 1.